The van der Waals surface area contributed by atoms with E-state index in [1.807, 2.05) is 201 Å². The van der Waals surface area contributed by atoms with E-state index in [1.165, 1.54) is 0 Å². The SMILES string of the molecule is Cc1cccnc1-n1c2ccc1cc1nc(cc3ccc(cc4nc(c2)C=C4)[nH]3)C=C1.Cc1cccnc1-n1c2ccc1cc1nc(cc3ccc(cc4nc(c2)C=C4)[nH]3)C=C1.Cc1cccnc1-n1c2ccc1cc1nc(cc3ccc(cc4nc(c2)C=C4)[nH]3)C=C1.Cc1cccnc1-n1c2ccc1cc1nc(cc3ccc(cc4nc(c2)C=[C-]4)[nH]3)C=C1.[Zn]. The molecule has 32 bridgehead atoms. The van der Waals surface area contributed by atoms with E-state index in [-0.39, 0.29) is 19.5 Å². The molecule has 0 fully saturated rings. The molecule has 0 radical (unpaired) electrons. The van der Waals surface area contributed by atoms with Crippen molar-refractivity contribution in [3.8, 4) is 23.3 Å². The molecule has 16 aromatic heterocycles. The zero-order valence-electron chi connectivity index (χ0n) is 68.4. The third-order valence-corrected chi connectivity index (χ3v) is 21.6. The molecule has 0 unspecified atom stereocenters. The van der Waals surface area contributed by atoms with Crippen molar-refractivity contribution in [1.29, 1.82) is 0 Å². The van der Waals surface area contributed by atoms with Crippen LogP contribution in [0.4, 0.5) is 0 Å². The number of nitrogens with one attached hydrogen (secondary N) is 4. The minimum absolute atomic E-state index is 0. The van der Waals surface area contributed by atoms with E-state index in [0.29, 0.717) is 0 Å². The van der Waals surface area contributed by atoms with Crippen LogP contribution in [-0.2, 0) is 19.5 Å². The first kappa shape index (κ1) is 77.2. The molecule has 4 N–H and O–H groups in total. The van der Waals surface area contributed by atoms with E-state index in [0.717, 1.165) is 225 Å². The molecule has 0 atom stereocenters. The summed E-state index contributed by atoms with van der Waals surface area (Å²) in [7, 11) is 0. The molecule has 20 nitrogen and oxygen atoms in total. The summed E-state index contributed by atoms with van der Waals surface area (Å²) < 4.78 is 8.63. The first-order valence-corrected chi connectivity index (χ1v) is 40.7. The quantitative estimate of drug-likeness (QED) is 0.0951. The predicted octanol–water partition coefficient (Wildman–Crippen LogP) is 23.0. The number of H-pyrrole nitrogens is 4. The van der Waals surface area contributed by atoms with Gasteiger partial charge in [0.2, 0.25) is 0 Å². The Hall–Kier alpha value is -16.4. The number of nitrogens with zero attached hydrogens (tertiary/aromatic N) is 16. The van der Waals surface area contributed by atoms with Gasteiger partial charge >= 0.3 is 0 Å². The zero-order valence-corrected chi connectivity index (χ0v) is 71.4. The van der Waals surface area contributed by atoms with E-state index < -0.39 is 0 Å². The molecule has 0 saturated heterocycles. The Morgan fingerprint density at radius 3 is 0.592 bits per heavy atom. The molecule has 8 aliphatic rings. The normalized spacial score (nSPS) is 12.3. The van der Waals surface area contributed by atoms with Crippen LogP contribution >= 0.6 is 0 Å². The van der Waals surface area contributed by atoms with Gasteiger partial charge in [0.05, 0.1) is 79.7 Å². The molecule has 21 heteroatoms. The fourth-order valence-electron chi connectivity index (χ4n) is 15.9. The summed E-state index contributed by atoms with van der Waals surface area (Å²) in [6.07, 6.45) is 40.9. The van der Waals surface area contributed by atoms with Crippen LogP contribution in [0.25, 0.3) is 203 Å². The smallest absolute Gasteiger partial charge is 0.140 e. The molecule has 0 amide bonds. The number of hydrogen-bond donors (Lipinski definition) is 4. The first-order chi connectivity index (χ1) is 60.8. The molecule has 0 spiro atoms. The van der Waals surface area contributed by atoms with Gasteiger partial charge in [-0.15, -0.1) is 12.1 Å². The molecule has 0 saturated carbocycles. The second-order valence-electron chi connectivity index (χ2n) is 30.7. The number of hydrogen-bond acceptors (Lipinski definition) is 12. The number of fused-ring (bicyclic) bond motifs is 32. The maximum Gasteiger partial charge on any atom is 0.140 e. The molecule has 594 valence electrons. The van der Waals surface area contributed by atoms with Crippen LogP contribution in [0.1, 0.15) is 113 Å². The summed E-state index contributed by atoms with van der Waals surface area (Å²) in [4.78, 5) is 70.4. The van der Waals surface area contributed by atoms with Gasteiger partial charge in [0, 0.05) is 127 Å². The van der Waals surface area contributed by atoms with Crippen molar-refractivity contribution in [1.82, 2.24) is 98.0 Å². The topological polar surface area (TPSA) is 238 Å². The Bertz CT molecular complexity index is 6780. The molecule has 24 rings (SSSR count). The average molecular weight is 1670 g/mol. The van der Waals surface area contributed by atoms with Gasteiger partial charge in [-0.1, -0.05) is 36.0 Å². The van der Waals surface area contributed by atoms with Crippen molar-refractivity contribution < 1.29 is 19.5 Å². The van der Waals surface area contributed by atoms with Crippen molar-refractivity contribution in [2.24, 2.45) is 0 Å². The van der Waals surface area contributed by atoms with Crippen molar-refractivity contribution in [2.45, 2.75) is 27.7 Å². The monoisotopic (exact) mass is 1670 g/mol. The van der Waals surface area contributed by atoms with Crippen molar-refractivity contribution in [3.63, 3.8) is 0 Å². The molecule has 16 aromatic rings. The van der Waals surface area contributed by atoms with E-state index >= 15 is 0 Å². The van der Waals surface area contributed by atoms with Gasteiger partial charge in [-0.25, -0.2) is 54.8 Å². The summed E-state index contributed by atoms with van der Waals surface area (Å²) in [6.45, 7) is 8.30. The maximum absolute atomic E-state index is 4.78. The summed E-state index contributed by atoms with van der Waals surface area (Å²) >= 11 is 0. The Kier molecular flexibility index (Phi) is 20.6. The first-order valence-electron chi connectivity index (χ1n) is 40.7. The molecule has 24 heterocycles. The van der Waals surface area contributed by atoms with Gasteiger partial charge in [-0.05, 0) is 352 Å². The Labute approximate surface area is 729 Å². The van der Waals surface area contributed by atoms with Crippen LogP contribution in [-0.4, -0.2) is 98.0 Å². The number of aromatic nitrogens is 20. The van der Waals surface area contributed by atoms with Crippen LogP contribution in [0.2, 0.25) is 0 Å². The Morgan fingerprint density at radius 2 is 0.392 bits per heavy atom. The van der Waals surface area contributed by atoms with Gasteiger partial charge < -0.3 is 24.9 Å². The van der Waals surface area contributed by atoms with Gasteiger partial charge in [-0.3, -0.25) is 18.3 Å². The van der Waals surface area contributed by atoms with E-state index in [9.17, 15) is 0 Å². The molecule has 125 heavy (non-hydrogen) atoms. The van der Waals surface area contributed by atoms with Crippen LogP contribution in [0.5, 0.6) is 0 Å². The standard InChI is InChI=1S/3C26H19N5.C26H18N5.Zn/c4*1-17-3-2-12-27-26(17)31-24-10-11-25(31)16-23-9-7-21(30-23)14-19-5-4-18(28-19)13-20-6-8-22(15-24)29-20;/h3*2-16,28H,1H3;2-6,8-16,28H,1H3;/q;;;-1;. The van der Waals surface area contributed by atoms with Crippen molar-refractivity contribution >= 4 is 179 Å². The molecular weight excluding hydrogens is 1590 g/mol. The summed E-state index contributed by atoms with van der Waals surface area (Å²) in [5, 5.41) is 0. The van der Waals surface area contributed by atoms with Crippen LogP contribution < -0.4 is 0 Å². The number of aryl methyl sites for hydroxylation is 4. The molecule has 8 aliphatic heterocycles. The minimum atomic E-state index is 0. The second-order valence-corrected chi connectivity index (χ2v) is 30.7. The van der Waals surface area contributed by atoms with E-state index in [1.54, 1.807) is 0 Å². The molecule has 0 aromatic carbocycles. The van der Waals surface area contributed by atoms with Crippen molar-refractivity contribution in [3.05, 3.63) is 387 Å². The van der Waals surface area contributed by atoms with Gasteiger partial charge in [0.25, 0.3) is 0 Å². The maximum atomic E-state index is 4.78. The minimum Gasteiger partial charge on any atom is -0.366 e. The van der Waals surface area contributed by atoms with Crippen LogP contribution in [0, 0.1) is 33.8 Å². The number of rotatable bonds is 4. The van der Waals surface area contributed by atoms with E-state index in [4.69, 9.17) is 39.9 Å². The summed E-state index contributed by atoms with van der Waals surface area (Å²) in [6, 6.07) is 82.3. The predicted molar refractivity (Wildman–Crippen MR) is 503 cm³/mol. The number of aromatic amines is 4. The largest absolute Gasteiger partial charge is 0.366 e. The fourth-order valence-corrected chi connectivity index (χ4v) is 15.9. The second kappa shape index (κ2) is 33.3. The third kappa shape index (κ3) is 16.8. The Morgan fingerprint density at radius 1 is 0.208 bits per heavy atom. The summed E-state index contributed by atoms with van der Waals surface area (Å²) in [5.41, 5.74) is 35.0. The average Bonchev–Trinajstić information content (AvgIpc) is 1.67. The summed E-state index contributed by atoms with van der Waals surface area (Å²) in [5.74, 6) is 3.60. The van der Waals surface area contributed by atoms with Gasteiger partial charge in [0.15, 0.2) is 0 Å². The van der Waals surface area contributed by atoms with E-state index in [2.05, 4.69) is 250 Å². The third-order valence-electron chi connectivity index (χ3n) is 21.6. The fraction of sp³-hybridized carbons (Fsp3) is 0.0385. The van der Waals surface area contributed by atoms with Crippen molar-refractivity contribution in [2.75, 3.05) is 0 Å². The van der Waals surface area contributed by atoms with Gasteiger partial charge in [-0.2, -0.15) is 6.08 Å². The van der Waals surface area contributed by atoms with Crippen LogP contribution in [0.15, 0.2) is 267 Å². The van der Waals surface area contributed by atoms with Gasteiger partial charge in [0.1, 0.15) is 23.3 Å². The Balaban J connectivity index is 0.000000105. The number of pyridine rings is 4. The zero-order chi connectivity index (χ0) is 83.1. The molecular formula is C104H75N20Zn-. The van der Waals surface area contributed by atoms with Crippen LogP contribution in [0.3, 0.4) is 0 Å². The molecule has 0 aliphatic carbocycles.